The molecule has 1 aromatic carbocycles. The number of anilines is 1. The van der Waals surface area contributed by atoms with Crippen LogP contribution in [0.15, 0.2) is 65.7 Å². The second kappa shape index (κ2) is 16.0. The molecule has 1 aliphatic rings. The van der Waals surface area contributed by atoms with Crippen molar-refractivity contribution in [2.45, 2.75) is 65.3 Å². The first kappa shape index (κ1) is 35.4. The minimum absolute atomic E-state index is 0.00462. The van der Waals surface area contributed by atoms with Gasteiger partial charge in [0.15, 0.2) is 28.9 Å². The maximum Gasteiger partial charge on any atom is 0.324 e. The lowest BCUT2D eigenvalue weighted by atomic mass is 10.1. The van der Waals surface area contributed by atoms with E-state index < -0.39 is 17.3 Å². The molecule has 3 aromatic heterocycles. The van der Waals surface area contributed by atoms with Crippen LogP contribution >= 0.6 is 0 Å². The van der Waals surface area contributed by atoms with Gasteiger partial charge in [-0.2, -0.15) is 0 Å². The predicted octanol–water partition coefficient (Wildman–Crippen LogP) is 3.38. The van der Waals surface area contributed by atoms with Crippen molar-refractivity contribution in [1.82, 2.24) is 29.3 Å². The zero-order valence-electron chi connectivity index (χ0n) is 27.9. The minimum atomic E-state index is -0.839. The monoisotopic (exact) mass is 685 g/mol. The molecule has 0 radical (unpaired) electrons. The SMILES string of the molecule is CC(C)N1CCn2c(CNC(=O)CCCCCNc3nc(-c4ccc(=N)n(C(N)=O)c4)ncc3F)cc(=O)c(OCc3ccccc3)c2C1=O. The van der Waals surface area contributed by atoms with Gasteiger partial charge in [-0.3, -0.25) is 24.4 Å². The molecule has 4 heterocycles. The minimum Gasteiger partial charge on any atom is -0.483 e. The molecule has 3 amide bonds. The van der Waals surface area contributed by atoms with Crippen LogP contribution < -0.4 is 32.0 Å². The maximum atomic E-state index is 14.4. The fourth-order valence-electron chi connectivity index (χ4n) is 5.62. The van der Waals surface area contributed by atoms with E-state index in [4.69, 9.17) is 15.9 Å². The lowest BCUT2D eigenvalue weighted by Crippen LogP contribution is -2.46. The molecule has 0 saturated heterocycles. The van der Waals surface area contributed by atoms with Crippen LogP contribution in [0, 0.1) is 11.2 Å². The van der Waals surface area contributed by atoms with E-state index in [-0.39, 0.29) is 66.0 Å². The number of unbranched alkanes of at least 4 members (excludes halogenated alkanes) is 2. The molecule has 1 aliphatic heterocycles. The van der Waals surface area contributed by atoms with Gasteiger partial charge in [0.2, 0.25) is 11.3 Å². The van der Waals surface area contributed by atoms with Gasteiger partial charge in [0.05, 0.1) is 12.7 Å². The number of amides is 3. The van der Waals surface area contributed by atoms with Crippen molar-refractivity contribution in [1.29, 1.82) is 5.41 Å². The molecule has 14 nitrogen and oxygen atoms in total. The van der Waals surface area contributed by atoms with Crippen LogP contribution in [-0.4, -0.2) is 61.0 Å². The van der Waals surface area contributed by atoms with Gasteiger partial charge in [-0.15, -0.1) is 0 Å². The highest BCUT2D eigenvalue weighted by Crippen LogP contribution is 2.25. The molecule has 262 valence electrons. The van der Waals surface area contributed by atoms with Crippen molar-refractivity contribution in [3.8, 4) is 17.1 Å². The summed E-state index contributed by atoms with van der Waals surface area (Å²) in [4.78, 5) is 61.0. The summed E-state index contributed by atoms with van der Waals surface area (Å²) >= 11 is 0. The summed E-state index contributed by atoms with van der Waals surface area (Å²) in [6.07, 6.45) is 4.45. The summed E-state index contributed by atoms with van der Waals surface area (Å²) in [5.74, 6) is -0.995. The van der Waals surface area contributed by atoms with Gasteiger partial charge >= 0.3 is 6.03 Å². The Bertz CT molecular complexity index is 1990. The molecule has 0 aliphatic carbocycles. The van der Waals surface area contributed by atoms with Crippen molar-refractivity contribution in [2.24, 2.45) is 5.73 Å². The number of hydrogen-bond donors (Lipinski definition) is 4. The summed E-state index contributed by atoms with van der Waals surface area (Å²) in [7, 11) is 0. The zero-order valence-corrected chi connectivity index (χ0v) is 27.9. The number of carbonyl (C=O) groups is 3. The number of carbonyl (C=O) groups excluding carboxylic acids is 3. The number of aromatic nitrogens is 4. The first-order chi connectivity index (χ1) is 24.0. The van der Waals surface area contributed by atoms with Crippen molar-refractivity contribution in [3.63, 3.8) is 0 Å². The topological polar surface area (TPSA) is 190 Å². The number of primary amides is 1. The molecule has 0 fully saturated rings. The fourth-order valence-corrected chi connectivity index (χ4v) is 5.62. The Morgan fingerprint density at radius 1 is 1.08 bits per heavy atom. The zero-order chi connectivity index (χ0) is 35.8. The number of nitrogens with two attached hydrogens (primary N) is 1. The molecule has 5 rings (SSSR count). The van der Waals surface area contributed by atoms with Crippen LogP contribution in [0.1, 0.15) is 61.3 Å². The van der Waals surface area contributed by atoms with E-state index in [1.807, 2.05) is 44.2 Å². The van der Waals surface area contributed by atoms with Gasteiger partial charge in [0, 0.05) is 55.6 Å². The molecular formula is C35H40FN9O5. The molecule has 0 saturated carbocycles. The third-order valence-corrected chi connectivity index (χ3v) is 8.26. The summed E-state index contributed by atoms with van der Waals surface area (Å²) in [6.45, 7) is 5.37. The summed E-state index contributed by atoms with van der Waals surface area (Å²) in [5.41, 5.74) is 6.73. The lowest BCUT2D eigenvalue weighted by Gasteiger charge is -2.35. The summed E-state index contributed by atoms with van der Waals surface area (Å²) in [5, 5.41) is 13.6. The first-order valence-corrected chi connectivity index (χ1v) is 16.4. The van der Waals surface area contributed by atoms with Gasteiger partial charge in [0.1, 0.15) is 12.1 Å². The van der Waals surface area contributed by atoms with Gasteiger partial charge < -0.3 is 30.6 Å². The number of fused-ring (bicyclic) bond motifs is 1. The van der Waals surface area contributed by atoms with Crippen LogP contribution in [-0.2, 0) is 24.5 Å². The normalized spacial score (nSPS) is 12.5. The molecular weight excluding hydrogens is 645 g/mol. The maximum absolute atomic E-state index is 14.4. The number of ether oxygens (including phenoxy) is 1. The average Bonchev–Trinajstić information content (AvgIpc) is 3.09. The number of benzene rings is 1. The molecule has 50 heavy (non-hydrogen) atoms. The van der Waals surface area contributed by atoms with Gasteiger partial charge in [-0.25, -0.2) is 19.2 Å². The number of nitrogens with one attached hydrogen (secondary N) is 3. The van der Waals surface area contributed by atoms with E-state index in [0.717, 1.165) is 16.3 Å². The van der Waals surface area contributed by atoms with Crippen molar-refractivity contribution in [2.75, 3.05) is 18.4 Å². The molecule has 5 N–H and O–H groups in total. The number of hydrogen-bond acceptors (Lipinski definition) is 9. The van der Waals surface area contributed by atoms with Crippen LogP contribution in [0.25, 0.3) is 11.4 Å². The second-order valence-electron chi connectivity index (χ2n) is 12.1. The number of nitrogens with zero attached hydrogens (tertiary/aromatic N) is 5. The molecule has 4 aromatic rings. The quantitative estimate of drug-likeness (QED) is 0.145. The Morgan fingerprint density at radius 2 is 1.86 bits per heavy atom. The van der Waals surface area contributed by atoms with Crippen LogP contribution in [0.4, 0.5) is 15.0 Å². The van der Waals surface area contributed by atoms with E-state index in [2.05, 4.69) is 20.6 Å². The molecule has 0 bridgehead atoms. The Balaban J connectivity index is 1.14. The third-order valence-electron chi connectivity index (χ3n) is 8.26. The first-order valence-electron chi connectivity index (χ1n) is 16.4. The van der Waals surface area contributed by atoms with Crippen LogP contribution in [0.5, 0.6) is 5.75 Å². The van der Waals surface area contributed by atoms with E-state index >= 15 is 0 Å². The van der Waals surface area contributed by atoms with Crippen molar-refractivity contribution >= 4 is 23.7 Å². The highest BCUT2D eigenvalue weighted by Gasteiger charge is 2.32. The lowest BCUT2D eigenvalue weighted by molar-refractivity contribution is -0.121. The van der Waals surface area contributed by atoms with E-state index in [1.54, 1.807) is 9.47 Å². The summed E-state index contributed by atoms with van der Waals surface area (Å²) in [6, 6.07) is 12.8. The van der Waals surface area contributed by atoms with Crippen LogP contribution in [0.2, 0.25) is 0 Å². The Kier molecular flexibility index (Phi) is 11.4. The molecule has 0 atom stereocenters. The average molecular weight is 686 g/mol. The smallest absolute Gasteiger partial charge is 0.324 e. The largest absolute Gasteiger partial charge is 0.483 e. The van der Waals surface area contributed by atoms with E-state index in [1.165, 1.54) is 24.4 Å². The predicted molar refractivity (Wildman–Crippen MR) is 183 cm³/mol. The molecule has 15 heteroatoms. The standard InChI is InChI=1S/C35H40FN9O5/c1-22(2)43-15-16-44-25(17-27(46)31(30(44)34(43)48)50-21-23-9-5-3-6-10-23)18-40-29(47)11-7-4-8-14-39-33-26(36)19-41-32(42-33)24-12-13-28(37)45(20-24)35(38)49/h3,5-6,9-10,12-13,17,19-20,22,37H,4,7-8,11,14-16,18,21H2,1-2H3,(H2,38,49)(H,40,47)(H,39,41,42). The van der Waals surface area contributed by atoms with Crippen molar-refractivity contribution < 1.29 is 23.5 Å². The Morgan fingerprint density at radius 3 is 2.60 bits per heavy atom. The third kappa shape index (κ3) is 8.40. The number of rotatable bonds is 14. The fraction of sp³-hybridized carbons (Fsp3) is 0.343. The van der Waals surface area contributed by atoms with E-state index in [0.29, 0.717) is 50.2 Å². The van der Waals surface area contributed by atoms with Gasteiger partial charge in [0.25, 0.3) is 5.91 Å². The number of pyridine rings is 2. The second-order valence-corrected chi connectivity index (χ2v) is 12.1. The van der Waals surface area contributed by atoms with Crippen LogP contribution in [0.3, 0.4) is 0 Å². The Hall–Kier alpha value is -5.86. The van der Waals surface area contributed by atoms with Crippen molar-refractivity contribution in [3.05, 3.63) is 99.4 Å². The molecule has 0 spiro atoms. The van der Waals surface area contributed by atoms with Gasteiger partial charge in [-0.05, 0) is 44.4 Å². The number of halogens is 1. The van der Waals surface area contributed by atoms with Gasteiger partial charge in [-0.1, -0.05) is 36.8 Å². The highest BCUT2D eigenvalue weighted by atomic mass is 19.1. The molecule has 0 unspecified atom stereocenters. The van der Waals surface area contributed by atoms with E-state index in [9.17, 15) is 23.6 Å². The highest BCUT2D eigenvalue weighted by molar-refractivity contribution is 5.96. The Labute approximate surface area is 287 Å². The summed E-state index contributed by atoms with van der Waals surface area (Å²) < 4.78 is 23.0.